The molecule has 2 atom stereocenters. The van der Waals surface area contributed by atoms with E-state index in [2.05, 4.69) is 27.6 Å². The molecular formula is C18H19IN2O6. The van der Waals surface area contributed by atoms with Crippen LogP contribution >= 0.6 is 22.6 Å². The van der Waals surface area contributed by atoms with Crippen molar-refractivity contribution in [2.75, 3.05) is 18.1 Å². The van der Waals surface area contributed by atoms with Crippen LogP contribution in [0.4, 0.5) is 5.69 Å². The highest BCUT2D eigenvalue weighted by Crippen LogP contribution is 2.40. The standard InChI is InChI=1S/C18H19IN2O6/c1-10-14(17(22)26-3)16(12-5-4-6-13(9-12)21(24)25)15(11(2)20-10)18(23)27-8-7-19/h4-6,9,14,16H,7-8H2,1-3H3. The zero-order valence-electron chi connectivity index (χ0n) is 15.1. The maximum atomic E-state index is 12.7. The summed E-state index contributed by atoms with van der Waals surface area (Å²) >= 11 is 2.08. The molecule has 0 N–H and O–H groups in total. The van der Waals surface area contributed by atoms with Crippen LogP contribution in [-0.2, 0) is 19.1 Å². The number of allylic oxidation sites excluding steroid dienone is 1. The summed E-state index contributed by atoms with van der Waals surface area (Å²) in [5.74, 6) is -2.82. The van der Waals surface area contributed by atoms with Crippen molar-refractivity contribution in [2.24, 2.45) is 10.9 Å². The zero-order chi connectivity index (χ0) is 20.1. The molecule has 1 aliphatic heterocycles. The lowest BCUT2D eigenvalue weighted by atomic mass is 9.75. The van der Waals surface area contributed by atoms with Crippen molar-refractivity contribution in [1.82, 2.24) is 0 Å². The summed E-state index contributed by atoms with van der Waals surface area (Å²) in [6.07, 6.45) is 0. The second-order valence-electron chi connectivity index (χ2n) is 5.91. The number of methoxy groups -OCH3 is 1. The number of esters is 2. The van der Waals surface area contributed by atoms with Crippen LogP contribution in [0.2, 0.25) is 0 Å². The second-order valence-corrected chi connectivity index (χ2v) is 6.99. The van der Waals surface area contributed by atoms with Crippen LogP contribution in [0.3, 0.4) is 0 Å². The predicted molar refractivity (Wildman–Crippen MR) is 107 cm³/mol. The molecule has 0 fully saturated rings. The molecule has 8 nitrogen and oxygen atoms in total. The minimum Gasteiger partial charge on any atom is -0.468 e. The quantitative estimate of drug-likeness (QED) is 0.201. The Morgan fingerprint density at radius 2 is 2.04 bits per heavy atom. The number of rotatable bonds is 6. The fraction of sp³-hybridized carbons (Fsp3) is 0.389. The molecule has 0 aromatic heterocycles. The Morgan fingerprint density at radius 1 is 1.33 bits per heavy atom. The number of carbonyl (C=O) groups excluding carboxylic acids is 2. The molecule has 9 heteroatoms. The van der Waals surface area contributed by atoms with Crippen molar-refractivity contribution in [3.8, 4) is 0 Å². The first-order valence-corrected chi connectivity index (χ1v) is 9.65. The van der Waals surface area contributed by atoms with Gasteiger partial charge in [0.05, 0.1) is 17.6 Å². The van der Waals surface area contributed by atoms with Crippen LogP contribution in [0.5, 0.6) is 0 Å². The highest BCUT2D eigenvalue weighted by atomic mass is 127. The number of carbonyl (C=O) groups is 2. The van der Waals surface area contributed by atoms with Crippen molar-refractivity contribution >= 4 is 45.9 Å². The van der Waals surface area contributed by atoms with E-state index in [-0.39, 0.29) is 17.9 Å². The molecule has 144 valence electrons. The molecule has 1 aromatic carbocycles. The normalized spacial score (nSPS) is 19.3. The van der Waals surface area contributed by atoms with Crippen molar-refractivity contribution < 1.29 is 24.0 Å². The van der Waals surface area contributed by atoms with E-state index < -0.39 is 28.7 Å². The lowest BCUT2D eigenvalue weighted by Gasteiger charge is -2.31. The number of nitro benzene ring substituents is 1. The molecule has 0 saturated carbocycles. The molecule has 2 rings (SSSR count). The monoisotopic (exact) mass is 486 g/mol. The third-order valence-corrected chi connectivity index (χ3v) is 4.69. The Hall–Kier alpha value is -2.30. The minimum absolute atomic E-state index is 0.131. The summed E-state index contributed by atoms with van der Waals surface area (Å²) < 4.78 is 10.8. The van der Waals surface area contributed by atoms with Gasteiger partial charge in [-0.2, -0.15) is 0 Å². The summed E-state index contributed by atoms with van der Waals surface area (Å²) in [6, 6.07) is 5.88. The van der Waals surface area contributed by atoms with Gasteiger partial charge in [0.1, 0.15) is 12.5 Å². The fourth-order valence-electron chi connectivity index (χ4n) is 3.14. The molecule has 0 aliphatic carbocycles. The highest BCUT2D eigenvalue weighted by Gasteiger charge is 2.42. The number of non-ortho nitro benzene ring substituents is 1. The van der Waals surface area contributed by atoms with E-state index >= 15 is 0 Å². The SMILES string of the molecule is COC(=O)C1C(C)=NC(C)=C(C(=O)OCCI)C1c1cccc([N+](=O)[O-])c1. The number of nitrogens with zero attached hydrogens (tertiary/aromatic N) is 2. The van der Waals surface area contributed by atoms with Gasteiger partial charge in [0.2, 0.25) is 0 Å². The van der Waals surface area contributed by atoms with Gasteiger partial charge in [-0.15, -0.1) is 0 Å². The average molecular weight is 486 g/mol. The van der Waals surface area contributed by atoms with E-state index in [1.165, 1.54) is 25.3 Å². The second kappa shape index (κ2) is 9.07. The summed E-state index contributed by atoms with van der Waals surface area (Å²) in [5.41, 5.74) is 1.42. The van der Waals surface area contributed by atoms with Crippen molar-refractivity contribution in [3.05, 3.63) is 51.2 Å². The van der Waals surface area contributed by atoms with Gasteiger partial charge in [0, 0.05) is 33.9 Å². The van der Waals surface area contributed by atoms with Gasteiger partial charge in [-0.1, -0.05) is 34.7 Å². The van der Waals surface area contributed by atoms with Gasteiger partial charge in [-0.3, -0.25) is 19.9 Å². The maximum Gasteiger partial charge on any atom is 0.336 e. The van der Waals surface area contributed by atoms with E-state index in [9.17, 15) is 19.7 Å². The molecule has 27 heavy (non-hydrogen) atoms. The molecule has 1 aliphatic rings. The van der Waals surface area contributed by atoms with E-state index in [0.717, 1.165) is 0 Å². The van der Waals surface area contributed by atoms with E-state index in [4.69, 9.17) is 9.47 Å². The van der Waals surface area contributed by atoms with Gasteiger partial charge < -0.3 is 9.47 Å². The Kier molecular flexibility index (Phi) is 7.05. The largest absolute Gasteiger partial charge is 0.468 e. The Morgan fingerprint density at radius 3 is 2.63 bits per heavy atom. The molecule has 0 radical (unpaired) electrons. The number of ether oxygens (including phenoxy) is 2. The molecule has 0 saturated heterocycles. The van der Waals surface area contributed by atoms with E-state index in [0.29, 0.717) is 21.4 Å². The smallest absolute Gasteiger partial charge is 0.336 e. The van der Waals surface area contributed by atoms with Gasteiger partial charge in [0.15, 0.2) is 0 Å². The van der Waals surface area contributed by atoms with E-state index in [1.807, 2.05) is 0 Å². The Labute approximate surface area is 169 Å². The summed E-state index contributed by atoms with van der Waals surface area (Å²) in [7, 11) is 1.25. The topological polar surface area (TPSA) is 108 Å². The van der Waals surface area contributed by atoms with Crippen LogP contribution in [-0.4, -0.2) is 40.7 Å². The third-order valence-electron chi connectivity index (χ3n) is 4.25. The first kappa shape index (κ1) is 21.0. The lowest BCUT2D eigenvalue weighted by Crippen LogP contribution is -2.36. The molecular weight excluding hydrogens is 467 g/mol. The van der Waals surface area contributed by atoms with E-state index in [1.54, 1.807) is 19.9 Å². The number of hydrogen-bond acceptors (Lipinski definition) is 7. The fourth-order valence-corrected chi connectivity index (χ4v) is 3.36. The van der Waals surface area contributed by atoms with Gasteiger partial charge >= 0.3 is 11.9 Å². The van der Waals surface area contributed by atoms with Crippen LogP contribution in [0.15, 0.2) is 40.5 Å². The number of benzene rings is 1. The van der Waals surface area contributed by atoms with Crippen LogP contribution in [0, 0.1) is 16.0 Å². The molecule has 0 bridgehead atoms. The van der Waals surface area contributed by atoms with Crippen molar-refractivity contribution in [1.29, 1.82) is 0 Å². The van der Waals surface area contributed by atoms with Crippen LogP contribution in [0.25, 0.3) is 0 Å². The first-order chi connectivity index (χ1) is 12.8. The lowest BCUT2D eigenvalue weighted by molar-refractivity contribution is -0.384. The number of halogens is 1. The van der Waals surface area contributed by atoms with Crippen LogP contribution < -0.4 is 0 Å². The Bertz CT molecular complexity index is 833. The zero-order valence-corrected chi connectivity index (χ0v) is 17.3. The summed E-state index contributed by atoms with van der Waals surface area (Å²) in [4.78, 5) is 40.1. The molecule has 0 amide bonds. The molecule has 1 aromatic rings. The molecule has 1 heterocycles. The van der Waals surface area contributed by atoms with Crippen LogP contribution in [0.1, 0.15) is 25.3 Å². The van der Waals surface area contributed by atoms with Gasteiger partial charge in [-0.05, 0) is 19.4 Å². The minimum atomic E-state index is -0.872. The maximum absolute atomic E-state index is 12.7. The molecule has 2 unspecified atom stereocenters. The Balaban J connectivity index is 2.64. The molecule has 0 spiro atoms. The average Bonchev–Trinajstić information content (AvgIpc) is 2.64. The van der Waals surface area contributed by atoms with Gasteiger partial charge in [-0.25, -0.2) is 4.79 Å². The third kappa shape index (κ3) is 4.52. The number of aliphatic imine (C=N–C) groups is 1. The summed E-state index contributed by atoms with van der Waals surface area (Å²) in [6.45, 7) is 3.54. The predicted octanol–water partition coefficient (Wildman–Crippen LogP) is 3.19. The first-order valence-electron chi connectivity index (χ1n) is 8.13. The van der Waals surface area contributed by atoms with Crippen molar-refractivity contribution in [3.63, 3.8) is 0 Å². The van der Waals surface area contributed by atoms with Gasteiger partial charge in [0.25, 0.3) is 5.69 Å². The highest BCUT2D eigenvalue weighted by molar-refractivity contribution is 14.1. The summed E-state index contributed by atoms with van der Waals surface area (Å²) in [5, 5.41) is 11.2. The number of nitro groups is 1. The van der Waals surface area contributed by atoms with Crippen molar-refractivity contribution in [2.45, 2.75) is 19.8 Å². The number of alkyl halides is 1. The number of hydrogen-bond donors (Lipinski definition) is 0.